The molecule has 0 aliphatic rings. The highest BCUT2D eigenvalue weighted by molar-refractivity contribution is 5.98. The molecule has 0 aliphatic heterocycles. The number of benzene rings is 2. The van der Waals surface area contributed by atoms with Crippen LogP contribution in [0.15, 0.2) is 48.5 Å². The van der Waals surface area contributed by atoms with Gasteiger partial charge in [0.15, 0.2) is 6.61 Å². The fourth-order valence-corrected chi connectivity index (χ4v) is 2.21. The molecule has 0 fully saturated rings. The molecule has 0 bridgehead atoms. The zero-order valence-electron chi connectivity index (χ0n) is 14.9. The summed E-state index contributed by atoms with van der Waals surface area (Å²) in [5.74, 6) is -1.33. The second-order valence-corrected chi connectivity index (χ2v) is 5.73. The number of hydrogen-bond acceptors (Lipinski definition) is 5. The van der Waals surface area contributed by atoms with E-state index in [2.05, 4.69) is 10.6 Å². The molecule has 0 spiro atoms. The third kappa shape index (κ3) is 5.07. The van der Waals surface area contributed by atoms with Gasteiger partial charge in [0.2, 0.25) is 0 Å². The number of carbonyl (C=O) groups excluding carboxylic acids is 3. The molecule has 136 valence electrons. The average Bonchev–Trinajstić information content (AvgIpc) is 2.65. The molecule has 0 heterocycles. The smallest absolute Gasteiger partial charge is 0.338 e. The van der Waals surface area contributed by atoms with Crippen LogP contribution >= 0.6 is 0 Å². The lowest BCUT2D eigenvalue weighted by Gasteiger charge is -2.13. The van der Waals surface area contributed by atoms with Crippen LogP contribution < -0.4 is 15.5 Å². The normalized spacial score (nSPS) is 9.96. The molecule has 2 N–H and O–H groups in total. The van der Waals surface area contributed by atoms with Gasteiger partial charge in [-0.2, -0.15) is 0 Å². The summed E-state index contributed by atoms with van der Waals surface area (Å²) in [5.41, 5.74) is 2.09. The summed E-state index contributed by atoms with van der Waals surface area (Å²) >= 11 is 0. The Hall–Kier alpha value is -3.35. The predicted octanol–water partition coefficient (Wildman–Crippen LogP) is 1.91. The highest BCUT2D eigenvalue weighted by Gasteiger charge is 2.12. The van der Waals surface area contributed by atoms with Crippen LogP contribution in [0, 0.1) is 0 Å². The van der Waals surface area contributed by atoms with Crippen LogP contribution in [0.3, 0.4) is 0 Å². The van der Waals surface area contributed by atoms with Gasteiger partial charge in [-0.3, -0.25) is 9.59 Å². The SMILES string of the molecule is CNC(=O)c1cccc(NC(=O)COC(=O)c2cccc(N(C)C)c2)c1. The van der Waals surface area contributed by atoms with Crippen molar-refractivity contribution in [3.63, 3.8) is 0 Å². The van der Waals surface area contributed by atoms with E-state index in [1.165, 1.54) is 7.05 Å². The zero-order chi connectivity index (χ0) is 19.1. The molecule has 7 nitrogen and oxygen atoms in total. The highest BCUT2D eigenvalue weighted by Crippen LogP contribution is 2.14. The fraction of sp³-hybridized carbons (Fsp3) is 0.211. The standard InChI is InChI=1S/C19H21N3O4/c1-20-18(24)13-6-4-8-15(10-13)21-17(23)12-26-19(25)14-7-5-9-16(11-14)22(2)3/h4-11H,12H2,1-3H3,(H,20,24)(H,21,23). The molecule has 0 saturated heterocycles. The first-order chi connectivity index (χ1) is 12.4. The Morgan fingerprint density at radius 1 is 1.00 bits per heavy atom. The minimum Gasteiger partial charge on any atom is -0.452 e. The van der Waals surface area contributed by atoms with Crippen molar-refractivity contribution in [1.82, 2.24) is 5.32 Å². The summed E-state index contributed by atoms with van der Waals surface area (Å²) in [4.78, 5) is 37.5. The molecular formula is C19H21N3O4. The molecule has 0 atom stereocenters. The van der Waals surface area contributed by atoms with Crippen molar-refractivity contribution in [1.29, 1.82) is 0 Å². The minimum absolute atomic E-state index is 0.256. The molecule has 7 heteroatoms. The summed E-state index contributed by atoms with van der Waals surface area (Å²) in [5, 5.41) is 5.10. The summed E-state index contributed by atoms with van der Waals surface area (Å²) < 4.78 is 5.05. The maximum absolute atomic E-state index is 12.1. The third-order valence-electron chi connectivity index (χ3n) is 3.57. The number of anilines is 2. The van der Waals surface area contributed by atoms with E-state index in [9.17, 15) is 14.4 Å². The number of rotatable bonds is 6. The van der Waals surface area contributed by atoms with Crippen molar-refractivity contribution >= 4 is 29.2 Å². The lowest BCUT2D eigenvalue weighted by molar-refractivity contribution is -0.119. The molecule has 2 amide bonds. The van der Waals surface area contributed by atoms with E-state index < -0.39 is 18.5 Å². The summed E-state index contributed by atoms with van der Waals surface area (Å²) in [6.45, 7) is -0.421. The third-order valence-corrected chi connectivity index (χ3v) is 3.57. The van der Waals surface area contributed by atoms with Crippen molar-refractivity contribution < 1.29 is 19.1 Å². The van der Waals surface area contributed by atoms with Crippen molar-refractivity contribution in [3.8, 4) is 0 Å². The molecular weight excluding hydrogens is 334 g/mol. The molecule has 0 aliphatic carbocycles. The van der Waals surface area contributed by atoms with Crippen molar-refractivity contribution in [2.24, 2.45) is 0 Å². The second-order valence-electron chi connectivity index (χ2n) is 5.73. The number of esters is 1. The van der Waals surface area contributed by atoms with Gasteiger partial charge in [0, 0.05) is 38.1 Å². The quantitative estimate of drug-likeness (QED) is 0.773. The van der Waals surface area contributed by atoms with E-state index in [-0.39, 0.29) is 5.91 Å². The Balaban J connectivity index is 1.93. The Bertz CT molecular complexity index is 818. The number of amides is 2. The Labute approximate surface area is 152 Å². The van der Waals surface area contributed by atoms with Gasteiger partial charge >= 0.3 is 5.97 Å². The number of hydrogen-bond donors (Lipinski definition) is 2. The van der Waals surface area contributed by atoms with Crippen LogP contribution in [0.5, 0.6) is 0 Å². The topological polar surface area (TPSA) is 87.7 Å². The lowest BCUT2D eigenvalue weighted by Crippen LogP contribution is -2.22. The first-order valence-corrected chi connectivity index (χ1v) is 7.97. The van der Waals surface area contributed by atoms with E-state index in [1.807, 2.05) is 25.1 Å². The number of carbonyl (C=O) groups is 3. The second kappa shape index (κ2) is 8.66. The molecule has 0 unspecified atom stereocenters. The van der Waals surface area contributed by atoms with Crippen molar-refractivity contribution in [2.75, 3.05) is 38.0 Å². The Morgan fingerprint density at radius 3 is 2.38 bits per heavy atom. The van der Waals surface area contributed by atoms with Crippen LogP contribution in [-0.4, -0.2) is 45.5 Å². The van der Waals surface area contributed by atoms with E-state index in [4.69, 9.17) is 4.74 Å². The van der Waals surface area contributed by atoms with Gasteiger partial charge in [0.05, 0.1) is 5.56 Å². The largest absolute Gasteiger partial charge is 0.452 e. The van der Waals surface area contributed by atoms with Crippen LogP contribution in [0.2, 0.25) is 0 Å². The Morgan fingerprint density at radius 2 is 1.69 bits per heavy atom. The van der Waals surface area contributed by atoms with Crippen molar-refractivity contribution in [3.05, 3.63) is 59.7 Å². The maximum Gasteiger partial charge on any atom is 0.338 e. The summed E-state index contributed by atoms with van der Waals surface area (Å²) in [6, 6.07) is 13.4. The monoisotopic (exact) mass is 355 g/mol. The van der Waals surface area contributed by atoms with Crippen molar-refractivity contribution in [2.45, 2.75) is 0 Å². The summed E-state index contributed by atoms with van der Waals surface area (Å²) in [7, 11) is 5.26. The zero-order valence-corrected chi connectivity index (χ0v) is 14.9. The van der Waals surface area contributed by atoms with Gasteiger partial charge in [-0.25, -0.2) is 4.79 Å². The highest BCUT2D eigenvalue weighted by atomic mass is 16.5. The molecule has 26 heavy (non-hydrogen) atoms. The molecule has 2 rings (SSSR count). The predicted molar refractivity (Wildman–Crippen MR) is 99.5 cm³/mol. The minimum atomic E-state index is -0.581. The van der Waals surface area contributed by atoms with E-state index >= 15 is 0 Å². The number of nitrogens with one attached hydrogen (secondary N) is 2. The van der Waals surface area contributed by atoms with Gasteiger partial charge in [-0.15, -0.1) is 0 Å². The summed E-state index contributed by atoms with van der Waals surface area (Å²) in [6.07, 6.45) is 0. The van der Waals surface area contributed by atoms with Crippen LogP contribution in [-0.2, 0) is 9.53 Å². The number of nitrogens with zero attached hydrogens (tertiary/aromatic N) is 1. The van der Waals surface area contributed by atoms with Crippen LogP contribution in [0.4, 0.5) is 11.4 Å². The Kier molecular flexibility index (Phi) is 6.32. The first kappa shape index (κ1) is 19.0. The molecule has 0 aromatic heterocycles. The van der Waals surface area contributed by atoms with E-state index in [1.54, 1.807) is 42.5 Å². The first-order valence-electron chi connectivity index (χ1n) is 7.97. The maximum atomic E-state index is 12.1. The molecule has 0 saturated carbocycles. The molecule has 2 aromatic rings. The van der Waals surface area contributed by atoms with Crippen LogP contribution in [0.1, 0.15) is 20.7 Å². The van der Waals surface area contributed by atoms with Gasteiger partial charge in [-0.1, -0.05) is 12.1 Å². The van der Waals surface area contributed by atoms with Gasteiger partial charge < -0.3 is 20.3 Å². The average molecular weight is 355 g/mol. The van der Waals surface area contributed by atoms with Crippen LogP contribution in [0.25, 0.3) is 0 Å². The van der Waals surface area contributed by atoms with E-state index in [0.717, 1.165) is 5.69 Å². The fourth-order valence-electron chi connectivity index (χ4n) is 2.21. The van der Waals surface area contributed by atoms with Gasteiger partial charge in [-0.05, 0) is 36.4 Å². The number of ether oxygens (including phenoxy) is 1. The van der Waals surface area contributed by atoms with Gasteiger partial charge in [0.1, 0.15) is 0 Å². The van der Waals surface area contributed by atoms with E-state index in [0.29, 0.717) is 16.8 Å². The lowest BCUT2D eigenvalue weighted by atomic mass is 10.2. The van der Waals surface area contributed by atoms with Gasteiger partial charge in [0.25, 0.3) is 11.8 Å². The molecule has 0 radical (unpaired) electrons. The molecule has 2 aromatic carbocycles.